The average Bonchev–Trinajstić information content (AvgIpc) is 3.12. The van der Waals surface area contributed by atoms with E-state index >= 15 is 0 Å². The van der Waals surface area contributed by atoms with Crippen LogP contribution in [0.5, 0.6) is 0 Å². The van der Waals surface area contributed by atoms with E-state index in [1.165, 1.54) is 53.9 Å². The fourth-order valence-electron chi connectivity index (χ4n) is 4.90. The highest BCUT2D eigenvalue weighted by Gasteiger charge is 2.34. The van der Waals surface area contributed by atoms with E-state index in [9.17, 15) is 13.5 Å². The Morgan fingerprint density at radius 1 is 0.731 bits per heavy atom. The van der Waals surface area contributed by atoms with Crippen molar-refractivity contribution in [1.29, 1.82) is 0 Å². The summed E-state index contributed by atoms with van der Waals surface area (Å²) in [6.45, 7) is 41.7. The highest BCUT2D eigenvalue weighted by molar-refractivity contribution is 7.99. The van der Waals surface area contributed by atoms with E-state index in [0.717, 1.165) is 31.0 Å². The molecule has 3 unspecified atom stereocenters. The predicted molar refractivity (Wildman–Crippen MR) is 230 cm³/mol. The lowest BCUT2D eigenvalue weighted by Crippen LogP contribution is -2.34. The average molecular weight is 747 g/mol. The Morgan fingerprint density at radius 2 is 1.31 bits per heavy atom. The van der Waals surface area contributed by atoms with Gasteiger partial charge in [-0.15, -0.1) is 6.58 Å². The van der Waals surface area contributed by atoms with E-state index in [1.54, 1.807) is 6.08 Å². The minimum Gasteiger partial charge on any atom is -0.508 e. The predicted octanol–water partition coefficient (Wildman–Crippen LogP) is 13.5. The van der Waals surface area contributed by atoms with Crippen molar-refractivity contribution in [2.75, 3.05) is 0 Å². The molecule has 0 aliphatic rings. The Balaban J connectivity index is 6.45. The second-order valence-corrected chi connectivity index (χ2v) is 16.3. The largest absolute Gasteiger partial charge is 0.508 e. The zero-order valence-electron chi connectivity index (χ0n) is 32.7. The molecule has 0 bridgehead atoms. The van der Waals surface area contributed by atoms with Crippen LogP contribution in [-0.2, 0) is 19.3 Å². The van der Waals surface area contributed by atoms with Gasteiger partial charge < -0.3 is 14.6 Å². The third-order valence-corrected chi connectivity index (χ3v) is 12.0. The van der Waals surface area contributed by atoms with Crippen LogP contribution in [0.15, 0.2) is 181 Å². The number of aliphatic hydroxyl groups is 1. The normalized spacial score (nSPS) is 16.9. The lowest BCUT2D eigenvalue weighted by atomic mass is 9.74. The van der Waals surface area contributed by atoms with Crippen molar-refractivity contribution in [2.24, 2.45) is 11.3 Å². The van der Waals surface area contributed by atoms with Crippen molar-refractivity contribution in [3.8, 4) is 0 Å². The van der Waals surface area contributed by atoms with Gasteiger partial charge in [0.1, 0.15) is 28.6 Å². The molecule has 7 heteroatoms. The van der Waals surface area contributed by atoms with Crippen LogP contribution in [0.3, 0.4) is 0 Å². The Morgan fingerprint density at radius 3 is 1.75 bits per heavy atom. The zero-order valence-corrected chi connectivity index (χ0v) is 34.5. The van der Waals surface area contributed by atoms with Gasteiger partial charge in [0.15, 0.2) is 0 Å². The van der Waals surface area contributed by atoms with E-state index < -0.39 is 9.84 Å². The van der Waals surface area contributed by atoms with Gasteiger partial charge in [-0.05, 0) is 103 Å². The number of aliphatic hydroxyl groups excluding tert-OH is 1. The maximum absolute atomic E-state index is 13.2. The van der Waals surface area contributed by atoms with E-state index in [-0.39, 0.29) is 32.5 Å². The molecule has 0 amide bonds. The molecule has 0 aliphatic heterocycles. The molecule has 0 saturated carbocycles. The Bertz CT molecular complexity index is 1660. The molecule has 0 aromatic heterocycles. The number of hydrogen-bond acceptors (Lipinski definition) is 5. The van der Waals surface area contributed by atoms with Crippen LogP contribution in [0.25, 0.3) is 0 Å². The Kier molecular flexibility index (Phi) is 22.3. The van der Waals surface area contributed by atoms with E-state index in [1.807, 2.05) is 37.3 Å². The number of sulfone groups is 1. The number of rotatable bonds is 26. The molecule has 0 aliphatic carbocycles. The second kappa shape index (κ2) is 24.2. The summed E-state index contributed by atoms with van der Waals surface area (Å²) in [5.74, 6) is 1.81. The van der Waals surface area contributed by atoms with Gasteiger partial charge in [0.25, 0.3) is 0 Å². The molecule has 0 fully saturated rings. The van der Waals surface area contributed by atoms with Crippen molar-refractivity contribution in [3.05, 3.63) is 181 Å². The first-order valence-electron chi connectivity index (χ1n) is 17.6. The lowest BCUT2D eigenvalue weighted by Gasteiger charge is -2.39. The highest BCUT2D eigenvalue weighted by atomic mass is 32.2. The minimum atomic E-state index is -3.98. The van der Waals surface area contributed by atoms with E-state index in [4.69, 9.17) is 9.47 Å². The molecular formula is C45H63O5PS. The van der Waals surface area contributed by atoms with Crippen LogP contribution >= 0.6 is 8.58 Å². The maximum Gasteiger partial charge on any atom is 0.206 e. The molecule has 0 heterocycles. The second-order valence-electron chi connectivity index (χ2n) is 12.9. The van der Waals surface area contributed by atoms with Gasteiger partial charge in [-0.1, -0.05) is 132 Å². The van der Waals surface area contributed by atoms with Crippen LogP contribution in [0.1, 0.15) is 80.6 Å². The number of allylic oxidation sites excluding steroid dienone is 18. The molecular weight excluding hydrogens is 684 g/mol. The van der Waals surface area contributed by atoms with Crippen molar-refractivity contribution in [1.82, 2.24) is 0 Å². The molecule has 0 saturated heterocycles. The van der Waals surface area contributed by atoms with Crippen molar-refractivity contribution < 1.29 is 23.0 Å². The molecule has 1 N–H and O–H groups in total. The summed E-state index contributed by atoms with van der Waals surface area (Å²) in [7, 11) is -3.62. The van der Waals surface area contributed by atoms with Gasteiger partial charge >= 0.3 is 0 Å². The van der Waals surface area contributed by atoms with Crippen molar-refractivity contribution in [2.45, 2.75) is 86.2 Å². The summed E-state index contributed by atoms with van der Waals surface area (Å²) >= 11 is 0. The molecule has 0 aromatic carbocycles. The van der Waals surface area contributed by atoms with Crippen LogP contribution in [-0.4, -0.2) is 19.1 Å². The smallest absolute Gasteiger partial charge is 0.206 e. The van der Waals surface area contributed by atoms with Gasteiger partial charge in [-0.2, -0.15) is 0 Å². The SMILES string of the molecule is C=CCC(C)(CC)CC(C)(CC)O/C(C=C)=C/C=C(\C=C)P/C(=C/C=C(\CC)O/C(C=C)=C/C=C(\C=C)S(=O)(=O)/C(C=C)=C/C=C(/O)C=C)C(C)C. The van der Waals surface area contributed by atoms with E-state index in [2.05, 4.69) is 93.7 Å². The zero-order chi connectivity index (χ0) is 40.0. The van der Waals surface area contributed by atoms with Crippen LogP contribution in [0.2, 0.25) is 0 Å². The fourth-order valence-corrected chi connectivity index (χ4v) is 7.17. The highest BCUT2D eigenvalue weighted by Crippen LogP contribution is 2.41. The van der Waals surface area contributed by atoms with Crippen molar-refractivity contribution >= 4 is 18.4 Å². The van der Waals surface area contributed by atoms with Crippen LogP contribution in [0, 0.1) is 11.3 Å². The monoisotopic (exact) mass is 746 g/mol. The quantitative estimate of drug-likeness (QED) is 0.0413. The molecule has 5 nitrogen and oxygen atoms in total. The van der Waals surface area contributed by atoms with Gasteiger partial charge in [-0.3, -0.25) is 0 Å². The van der Waals surface area contributed by atoms with Crippen LogP contribution < -0.4 is 0 Å². The molecule has 0 spiro atoms. The third kappa shape index (κ3) is 16.5. The summed E-state index contributed by atoms with van der Waals surface area (Å²) in [5.41, 5.74) is -0.248. The van der Waals surface area contributed by atoms with Crippen LogP contribution in [0.4, 0.5) is 0 Å². The molecule has 52 heavy (non-hydrogen) atoms. The van der Waals surface area contributed by atoms with Gasteiger partial charge in [0.05, 0.1) is 9.81 Å². The number of ether oxygens (including phenoxy) is 2. The Hall–Kier alpha value is -4.12. The minimum absolute atomic E-state index is 0.0763. The Labute approximate surface area is 318 Å². The first-order valence-corrected chi connectivity index (χ1v) is 20.1. The van der Waals surface area contributed by atoms with Crippen molar-refractivity contribution in [3.63, 3.8) is 0 Å². The van der Waals surface area contributed by atoms with E-state index in [0.29, 0.717) is 32.3 Å². The molecule has 0 aromatic rings. The summed E-state index contributed by atoms with van der Waals surface area (Å²) in [4.78, 5) is -0.190. The summed E-state index contributed by atoms with van der Waals surface area (Å²) < 4.78 is 39.2. The lowest BCUT2D eigenvalue weighted by molar-refractivity contribution is -0.0197. The van der Waals surface area contributed by atoms with Gasteiger partial charge in [-0.25, -0.2) is 8.42 Å². The van der Waals surface area contributed by atoms with Gasteiger partial charge in [0.2, 0.25) is 9.84 Å². The standard InChI is InChI=1S/C45H63O5PS/c1-15-33-44(13,23-9)34-45(14,24-10)50-39(19-5)26-29-40(20-6)51-43(35(11)12)32-28-38(18-4)49-37(17-3)27-31-42(22-8)52(47,48)41(21-7)30-25-36(46)16-2/h15-17,19-22,25-32,35,46,51H,1-3,5-8,18,23-24,33-34H2,4,9-14H3/b36-25+,37-27+,38-28+,39-26+,40-29+,41-30+,42-31+,43-32+. The summed E-state index contributed by atoms with van der Waals surface area (Å²) in [6, 6.07) is 0. The van der Waals surface area contributed by atoms with Gasteiger partial charge in [0, 0.05) is 6.42 Å². The first-order chi connectivity index (χ1) is 24.5. The molecule has 0 radical (unpaired) electrons. The third-order valence-electron chi connectivity index (χ3n) is 8.47. The maximum atomic E-state index is 13.2. The number of hydrogen-bond donors (Lipinski definition) is 1. The summed E-state index contributed by atoms with van der Waals surface area (Å²) in [5, 5.41) is 11.9. The molecule has 0 rings (SSSR count). The molecule has 284 valence electrons. The summed E-state index contributed by atoms with van der Waals surface area (Å²) in [6.07, 6.45) is 28.5. The first kappa shape index (κ1) is 47.9. The topological polar surface area (TPSA) is 72.8 Å². The fraction of sp³-hybridized carbons (Fsp3) is 0.333. The molecule has 3 atom stereocenters.